The van der Waals surface area contributed by atoms with E-state index in [-0.39, 0.29) is 5.91 Å². The van der Waals surface area contributed by atoms with Gasteiger partial charge >= 0.3 is 0 Å². The molecular weight excluding hydrogens is 346 g/mol. The molecule has 4 rings (SSSR count). The number of hydrogen-bond acceptors (Lipinski definition) is 2. The third-order valence-electron chi connectivity index (χ3n) is 5.15. The molecule has 0 unspecified atom stereocenters. The predicted octanol–water partition coefficient (Wildman–Crippen LogP) is 5.16. The summed E-state index contributed by atoms with van der Waals surface area (Å²) in [6, 6.07) is 14.4. The van der Waals surface area contributed by atoms with Gasteiger partial charge in [0.2, 0.25) is 5.91 Å². The topological polar surface area (TPSA) is 48.1 Å². The number of hydrogen-bond donors (Lipinski definition) is 2. The van der Waals surface area contributed by atoms with Gasteiger partial charge in [-0.2, -0.15) is 0 Å². The molecule has 0 spiro atoms. The van der Waals surface area contributed by atoms with E-state index in [9.17, 15) is 4.79 Å². The van der Waals surface area contributed by atoms with Crippen LogP contribution in [0.4, 0.5) is 11.4 Å². The van der Waals surface area contributed by atoms with Gasteiger partial charge in [0, 0.05) is 53.5 Å². The monoisotopic (exact) mass is 367 g/mol. The fourth-order valence-electron chi connectivity index (χ4n) is 3.87. The molecular formula is C21H22ClN3O. The number of aromatic amines is 1. The van der Waals surface area contributed by atoms with Crippen LogP contribution >= 0.6 is 11.6 Å². The van der Waals surface area contributed by atoms with Gasteiger partial charge in [-0.25, -0.2) is 0 Å². The van der Waals surface area contributed by atoms with Gasteiger partial charge in [-0.3, -0.25) is 4.79 Å². The second kappa shape index (κ2) is 7.04. The van der Waals surface area contributed by atoms with Gasteiger partial charge in [0.1, 0.15) is 0 Å². The highest BCUT2D eigenvalue weighted by Gasteiger charge is 2.22. The van der Waals surface area contributed by atoms with Crippen LogP contribution < -0.4 is 10.2 Å². The summed E-state index contributed by atoms with van der Waals surface area (Å²) in [6.07, 6.45) is 4.18. The molecule has 26 heavy (non-hydrogen) atoms. The van der Waals surface area contributed by atoms with Crippen LogP contribution in [0.3, 0.4) is 0 Å². The van der Waals surface area contributed by atoms with Crippen LogP contribution in [0, 0.1) is 0 Å². The molecule has 1 amide bonds. The smallest absolute Gasteiger partial charge is 0.221 e. The second-order valence-electron chi connectivity index (χ2n) is 6.93. The van der Waals surface area contributed by atoms with Gasteiger partial charge in [0.15, 0.2) is 0 Å². The van der Waals surface area contributed by atoms with Crippen LogP contribution in [0.5, 0.6) is 0 Å². The average Bonchev–Trinajstić information content (AvgIpc) is 3.10. The number of nitrogens with one attached hydrogen (secondary N) is 2. The number of H-pyrrole nitrogens is 1. The number of benzene rings is 2. The van der Waals surface area contributed by atoms with Crippen LogP contribution in [-0.4, -0.2) is 24.0 Å². The normalized spacial score (nSPS) is 15.4. The molecule has 1 saturated heterocycles. The standard InChI is InChI=1S/C21H22ClN3O/c1-14(26)24-18-4-2-15(3-5-18)16-7-10-25(11-8-16)21-13-17(22)12-20-19(21)6-9-23-20/h2-6,9,12-13,16,23H,7-8,10-11H2,1H3,(H,24,26). The Hall–Kier alpha value is -2.46. The zero-order chi connectivity index (χ0) is 18.1. The maximum atomic E-state index is 11.1. The molecule has 0 saturated carbocycles. The summed E-state index contributed by atoms with van der Waals surface area (Å²) >= 11 is 6.30. The number of fused-ring (bicyclic) bond motifs is 1. The largest absolute Gasteiger partial charge is 0.371 e. The molecule has 3 aromatic rings. The number of carbonyl (C=O) groups excluding carboxylic acids is 1. The van der Waals surface area contributed by atoms with Crippen molar-refractivity contribution in [2.75, 3.05) is 23.3 Å². The Labute approximate surface area is 158 Å². The molecule has 2 aromatic carbocycles. The third kappa shape index (κ3) is 3.42. The Kier molecular flexibility index (Phi) is 4.60. The van der Waals surface area contributed by atoms with Gasteiger partial charge in [-0.1, -0.05) is 23.7 Å². The minimum absolute atomic E-state index is 0.0383. The zero-order valence-electron chi connectivity index (χ0n) is 14.8. The Morgan fingerprint density at radius 2 is 1.88 bits per heavy atom. The average molecular weight is 368 g/mol. The first-order valence-corrected chi connectivity index (χ1v) is 9.37. The van der Waals surface area contributed by atoms with Gasteiger partial charge in [-0.05, 0) is 54.7 Å². The predicted molar refractivity (Wildman–Crippen MR) is 108 cm³/mol. The number of carbonyl (C=O) groups is 1. The van der Waals surface area contributed by atoms with E-state index in [4.69, 9.17) is 11.6 Å². The Morgan fingerprint density at radius 1 is 1.15 bits per heavy atom. The van der Waals surface area contributed by atoms with Crippen molar-refractivity contribution in [2.24, 2.45) is 0 Å². The molecule has 0 radical (unpaired) electrons. The summed E-state index contributed by atoms with van der Waals surface area (Å²) in [6.45, 7) is 3.55. The van der Waals surface area contributed by atoms with Gasteiger partial charge < -0.3 is 15.2 Å². The van der Waals surface area contributed by atoms with E-state index >= 15 is 0 Å². The van der Waals surface area contributed by atoms with Crippen molar-refractivity contribution >= 4 is 39.8 Å². The fraction of sp³-hybridized carbons (Fsp3) is 0.286. The van der Waals surface area contributed by atoms with E-state index in [1.54, 1.807) is 0 Å². The van der Waals surface area contributed by atoms with Crippen molar-refractivity contribution < 1.29 is 4.79 Å². The van der Waals surface area contributed by atoms with Crippen molar-refractivity contribution in [2.45, 2.75) is 25.7 Å². The van der Waals surface area contributed by atoms with Gasteiger partial charge in [0.25, 0.3) is 0 Å². The molecule has 0 bridgehead atoms. The van der Waals surface area contributed by atoms with E-state index < -0.39 is 0 Å². The number of halogens is 1. The van der Waals surface area contributed by atoms with E-state index in [1.165, 1.54) is 23.6 Å². The molecule has 2 N–H and O–H groups in total. The second-order valence-corrected chi connectivity index (χ2v) is 7.36. The first kappa shape index (κ1) is 17.0. The molecule has 134 valence electrons. The molecule has 0 atom stereocenters. The van der Waals surface area contributed by atoms with E-state index in [2.05, 4.69) is 39.5 Å². The summed E-state index contributed by atoms with van der Waals surface area (Å²) < 4.78 is 0. The summed E-state index contributed by atoms with van der Waals surface area (Å²) in [5, 5.41) is 4.82. The van der Waals surface area contributed by atoms with Crippen molar-refractivity contribution in [3.05, 3.63) is 59.2 Å². The highest BCUT2D eigenvalue weighted by atomic mass is 35.5. The quantitative estimate of drug-likeness (QED) is 0.671. The summed E-state index contributed by atoms with van der Waals surface area (Å²) in [5.74, 6) is 0.516. The highest BCUT2D eigenvalue weighted by Crippen LogP contribution is 2.35. The fourth-order valence-corrected chi connectivity index (χ4v) is 4.08. The number of nitrogens with zero attached hydrogens (tertiary/aromatic N) is 1. The van der Waals surface area contributed by atoms with Crippen LogP contribution in [0.25, 0.3) is 10.9 Å². The molecule has 5 heteroatoms. The molecule has 1 aliphatic rings. The van der Waals surface area contributed by atoms with Crippen molar-refractivity contribution in [3.63, 3.8) is 0 Å². The summed E-state index contributed by atoms with van der Waals surface area (Å²) in [5.41, 5.74) is 4.50. The number of amides is 1. The Bertz CT molecular complexity index is 924. The molecule has 1 aliphatic heterocycles. The zero-order valence-corrected chi connectivity index (χ0v) is 15.5. The van der Waals surface area contributed by atoms with E-state index in [0.717, 1.165) is 42.2 Å². The first-order valence-electron chi connectivity index (χ1n) is 8.99. The number of anilines is 2. The summed E-state index contributed by atoms with van der Waals surface area (Å²) in [7, 11) is 0. The maximum Gasteiger partial charge on any atom is 0.221 e. The van der Waals surface area contributed by atoms with E-state index in [0.29, 0.717) is 5.92 Å². The summed E-state index contributed by atoms with van der Waals surface area (Å²) in [4.78, 5) is 16.8. The van der Waals surface area contributed by atoms with Gasteiger partial charge in [0.05, 0.1) is 0 Å². The van der Waals surface area contributed by atoms with Crippen LogP contribution in [-0.2, 0) is 4.79 Å². The lowest BCUT2D eigenvalue weighted by Gasteiger charge is -2.34. The Morgan fingerprint density at radius 3 is 2.58 bits per heavy atom. The molecule has 1 aromatic heterocycles. The van der Waals surface area contributed by atoms with Crippen LogP contribution in [0.1, 0.15) is 31.2 Å². The number of piperidine rings is 1. The van der Waals surface area contributed by atoms with Gasteiger partial charge in [-0.15, -0.1) is 0 Å². The molecule has 0 aliphatic carbocycles. The van der Waals surface area contributed by atoms with E-state index in [1.807, 2.05) is 24.4 Å². The lowest BCUT2D eigenvalue weighted by atomic mass is 9.89. The van der Waals surface area contributed by atoms with Crippen molar-refractivity contribution in [3.8, 4) is 0 Å². The highest BCUT2D eigenvalue weighted by molar-refractivity contribution is 6.31. The first-order chi connectivity index (χ1) is 12.6. The molecule has 4 nitrogen and oxygen atoms in total. The SMILES string of the molecule is CC(=O)Nc1ccc(C2CCN(c3cc(Cl)cc4[nH]ccc34)CC2)cc1. The minimum Gasteiger partial charge on any atom is -0.371 e. The number of aromatic nitrogens is 1. The van der Waals surface area contributed by atoms with Crippen molar-refractivity contribution in [1.29, 1.82) is 0 Å². The molecule has 1 fully saturated rings. The van der Waals surface area contributed by atoms with Crippen molar-refractivity contribution in [1.82, 2.24) is 4.98 Å². The minimum atomic E-state index is -0.0383. The lowest BCUT2D eigenvalue weighted by Crippen LogP contribution is -2.33. The molecule has 2 heterocycles. The third-order valence-corrected chi connectivity index (χ3v) is 5.37. The Balaban J connectivity index is 1.47. The maximum absolute atomic E-state index is 11.1. The van der Waals surface area contributed by atoms with Crippen LogP contribution in [0.15, 0.2) is 48.7 Å². The lowest BCUT2D eigenvalue weighted by molar-refractivity contribution is -0.114. The van der Waals surface area contributed by atoms with Crippen LogP contribution in [0.2, 0.25) is 5.02 Å². The number of rotatable bonds is 3.